The fourth-order valence-electron chi connectivity index (χ4n) is 1.01. The zero-order valence-electron chi connectivity index (χ0n) is 10.8. The maximum Gasteiger partial charge on any atom is 0.329 e. The van der Waals surface area contributed by atoms with Crippen LogP contribution in [0.15, 0.2) is 0 Å². The minimum atomic E-state index is -0.994. The molecule has 0 aromatic carbocycles. The molecule has 0 saturated carbocycles. The average Bonchev–Trinajstić information content (AvgIpc) is 2.39. The first kappa shape index (κ1) is 17.8. The fourth-order valence-corrected chi connectivity index (χ4v) is 1.01. The van der Waals surface area contributed by atoms with E-state index in [1.807, 2.05) is 0 Å². The predicted molar refractivity (Wildman–Crippen MR) is 65.0 cm³/mol. The second kappa shape index (κ2) is 14.8. The molecule has 0 aromatic heterocycles. The first-order valence-corrected chi connectivity index (χ1v) is 5.97. The summed E-state index contributed by atoms with van der Waals surface area (Å²) in [6.07, 6.45) is 0.622. The van der Waals surface area contributed by atoms with Crippen molar-refractivity contribution in [1.82, 2.24) is 5.32 Å². The molecule has 0 aliphatic rings. The van der Waals surface area contributed by atoms with Crippen molar-refractivity contribution in [3.05, 3.63) is 0 Å². The van der Waals surface area contributed by atoms with E-state index in [1.54, 1.807) is 0 Å². The van der Waals surface area contributed by atoms with E-state index in [9.17, 15) is 9.59 Å². The molecule has 19 heavy (non-hydrogen) atoms. The van der Waals surface area contributed by atoms with Gasteiger partial charge in [-0.05, 0) is 0 Å². The molecule has 0 radical (unpaired) electrons. The van der Waals surface area contributed by atoms with Gasteiger partial charge in [-0.3, -0.25) is 4.79 Å². The van der Waals surface area contributed by atoms with Gasteiger partial charge in [0.05, 0.1) is 46.2 Å². The van der Waals surface area contributed by atoms with Gasteiger partial charge in [0.1, 0.15) is 6.61 Å². The molecule has 0 bridgehead atoms. The monoisotopic (exact) mass is 279 g/mol. The minimum absolute atomic E-state index is 0.249. The third-order valence-corrected chi connectivity index (χ3v) is 1.82. The molecule has 0 fully saturated rings. The van der Waals surface area contributed by atoms with Crippen molar-refractivity contribution in [3.63, 3.8) is 0 Å². The molecular formula is C11H21NO7. The molecule has 112 valence electrons. The maximum absolute atomic E-state index is 10.1. The van der Waals surface area contributed by atoms with E-state index in [0.29, 0.717) is 52.6 Å². The van der Waals surface area contributed by atoms with Gasteiger partial charge in [-0.2, -0.15) is 0 Å². The lowest BCUT2D eigenvalue weighted by molar-refractivity contribution is -0.142. The van der Waals surface area contributed by atoms with Crippen molar-refractivity contribution in [2.24, 2.45) is 0 Å². The highest BCUT2D eigenvalue weighted by molar-refractivity contribution is 5.67. The Morgan fingerprint density at radius 3 is 1.84 bits per heavy atom. The SMILES string of the molecule is O=CNCCOCCOCCOCCOCC(=O)O. The van der Waals surface area contributed by atoms with Gasteiger partial charge in [-0.15, -0.1) is 0 Å². The summed E-state index contributed by atoms with van der Waals surface area (Å²) in [5.74, 6) is -0.994. The smallest absolute Gasteiger partial charge is 0.329 e. The van der Waals surface area contributed by atoms with Crippen LogP contribution in [0.25, 0.3) is 0 Å². The van der Waals surface area contributed by atoms with Gasteiger partial charge in [0.25, 0.3) is 0 Å². The molecule has 8 nitrogen and oxygen atoms in total. The number of ether oxygens (including phenoxy) is 4. The molecule has 0 aliphatic heterocycles. The van der Waals surface area contributed by atoms with Crippen molar-refractivity contribution in [2.45, 2.75) is 0 Å². The Morgan fingerprint density at radius 1 is 0.895 bits per heavy atom. The zero-order valence-corrected chi connectivity index (χ0v) is 10.8. The van der Waals surface area contributed by atoms with Gasteiger partial charge in [0, 0.05) is 6.54 Å². The van der Waals surface area contributed by atoms with Crippen LogP contribution in [-0.4, -0.2) is 76.9 Å². The second-order valence-electron chi connectivity index (χ2n) is 3.36. The molecule has 2 N–H and O–H groups in total. The number of carbonyl (C=O) groups excluding carboxylic acids is 1. The lowest BCUT2D eigenvalue weighted by atomic mass is 10.6. The standard InChI is InChI=1S/C11H21NO7/c13-10-12-1-2-16-3-4-17-5-6-18-7-8-19-9-11(14)15/h10H,1-9H2,(H,12,13)(H,14,15). The number of carboxylic acids is 1. The topological polar surface area (TPSA) is 103 Å². The Balaban J connectivity index is 2.95. The summed E-state index contributed by atoms with van der Waals surface area (Å²) in [7, 11) is 0. The molecule has 0 heterocycles. The predicted octanol–water partition coefficient (Wildman–Crippen LogP) is -1.12. The summed E-state index contributed by atoms with van der Waals surface area (Å²) in [6.45, 7) is 3.00. The highest BCUT2D eigenvalue weighted by Gasteiger charge is 1.96. The fraction of sp³-hybridized carbons (Fsp3) is 0.818. The number of carboxylic acid groups (broad SMARTS) is 1. The van der Waals surface area contributed by atoms with Crippen molar-refractivity contribution < 1.29 is 33.6 Å². The highest BCUT2D eigenvalue weighted by Crippen LogP contribution is 1.82. The number of amides is 1. The van der Waals surface area contributed by atoms with E-state index in [1.165, 1.54) is 0 Å². The second-order valence-corrected chi connectivity index (χ2v) is 3.36. The molecule has 1 amide bonds. The highest BCUT2D eigenvalue weighted by atomic mass is 16.6. The molecule has 0 aliphatic carbocycles. The van der Waals surface area contributed by atoms with E-state index in [0.717, 1.165) is 0 Å². The van der Waals surface area contributed by atoms with Crippen molar-refractivity contribution in [2.75, 3.05) is 59.4 Å². The molecule has 0 atom stereocenters. The molecule has 8 heteroatoms. The molecule has 0 unspecified atom stereocenters. The molecule has 0 spiro atoms. The summed E-state index contributed by atoms with van der Waals surface area (Å²) in [5.41, 5.74) is 0. The zero-order chi connectivity index (χ0) is 14.2. The number of nitrogens with one attached hydrogen (secondary N) is 1. The molecule has 0 aromatic rings. The van der Waals surface area contributed by atoms with Crippen LogP contribution in [0.2, 0.25) is 0 Å². The third-order valence-electron chi connectivity index (χ3n) is 1.82. The van der Waals surface area contributed by atoms with Gasteiger partial charge in [0.2, 0.25) is 6.41 Å². The largest absolute Gasteiger partial charge is 0.480 e. The van der Waals surface area contributed by atoms with Crippen LogP contribution >= 0.6 is 0 Å². The van der Waals surface area contributed by atoms with Crippen LogP contribution in [0.4, 0.5) is 0 Å². The van der Waals surface area contributed by atoms with Gasteiger partial charge < -0.3 is 29.4 Å². The number of hydrogen-bond acceptors (Lipinski definition) is 6. The molecule has 0 rings (SSSR count). The number of rotatable bonds is 15. The summed E-state index contributed by atoms with van der Waals surface area (Å²) in [5, 5.41) is 10.8. The van der Waals surface area contributed by atoms with Crippen LogP contribution in [0.1, 0.15) is 0 Å². The minimum Gasteiger partial charge on any atom is -0.480 e. The summed E-state index contributed by atoms with van der Waals surface area (Å²) >= 11 is 0. The van der Waals surface area contributed by atoms with Crippen LogP contribution in [-0.2, 0) is 28.5 Å². The third kappa shape index (κ3) is 16.8. The van der Waals surface area contributed by atoms with Gasteiger partial charge in [-0.1, -0.05) is 0 Å². The quantitative estimate of drug-likeness (QED) is 0.289. The van der Waals surface area contributed by atoms with Crippen molar-refractivity contribution in [1.29, 1.82) is 0 Å². The maximum atomic E-state index is 10.1. The first-order valence-electron chi connectivity index (χ1n) is 5.97. The molecular weight excluding hydrogens is 258 g/mol. The lowest BCUT2D eigenvalue weighted by Gasteiger charge is -2.06. The Kier molecular flexibility index (Phi) is 13.9. The summed E-state index contributed by atoms with van der Waals surface area (Å²) in [4.78, 5) is 20.0. The summed E-state index contributed by atoms with van der Waals surface area (Å²) in [6, 6.07) is 0. The summed E-state index contributed by atoms with van der Waals surface area (Å²) < 4.78 is 20.3. The van der Waals surface area contributed by atoms with Gasteiger partial charge in [-0.25, -0.2) is 4.79 Å². The Morgan fingerprint density at radius 2 is 1.37 bits per heavy atom. The number of aliphatic carboxylic acids is 1. The Labute approximate surface area is 112 Å². The van der Waals surface area contributed by atoms with E-state index in [-0.39, 0.29) is 13.2 Å². The van der Waals surface area contributed by atoms with Gasteiger partial charge in [0.15, 0.2) is 0 Å². The first-order chi connectivity index (χ1) is 9.27. The normalized spacial score (nSPS) is 10.3. The Bertz CT molecular complexity index is 225. The van der Waals surface area contributed by atoms with Gasteiger partial charge >= 0.3 is 5.97 Å². The lowest BCUT2D eigenvalue weighted by Crippen LogP contribution is -2.19. The van der Waals surface area contributed by atoms with Crippen LogP contribution < -0.4 is 5.32 Å². The van der Waals surface area contributed by atoms with Crippen molar-refractivity contribution in [3.8, 4) is 0 Å². The number of hydrogen-bond donors (Lipinski definition) is 2. The molecule has 0 saturated heterocycles. The van der Waals surface area contributed by atoms with Crippen LogP contribution in [0.5, 0.6) is 0 Å². The Hall–Kier alpha value is -1.22. The van der Waals surface area contributed by atoms with Crippen molar-refractivity contribution >= 4 is 12.4 Å². The van der Waals surface area contributed by atoms with Crippen LogP contribution in [0, 0.1) is 0 Å². The van der Waals surface area contributed by atoms with E-state index < -0.39 is 5.97 Å². The van der Waals surface area contributed by atoms with E-state index in [4.69, 9.17) is 24.1 Å². The number of carbonyl (C=O) groups is 2. The van der Waals surface area contributed by atoms with Crippen LogP contribution in [0.3, 0.4) is 0 Å². The van der Waals surface area contributed by atoms with E-state index >= 15 is 0 Å². The van der Waals surface area contributed by atoms with E-state index in [2.05, 4.69) is 5.32 Å². The average molecular weight is 279 g/mol.